The van der Waals surface area contributed by atoms with Crippen molar-refractivity contribution in [3.63, 3.8) is 0 Å². The van der Waals surface area contributed by atoms with Gasteiger partial charge in [0.15, 0.2) is 0 Å². The molecule has 1 aromatic carbocycles. The van der Waals surface area contributed by atoms with Gasteiger partial charge in [-0.05, 0) is 18.2 Å². The second-order valence-electron chi connectivity index (χ2n) is 5.80. The first-order valence-corrected chi connectivity index (χ1v) is 7.42. The molecule has 2 aromatic rings. The Kier molecular flexibility index (Phi) is 3.94. The van der Waals surface area contributed by atoms with Crippen LogP contribution in [0, 0.1) is 0 Å². The molecule has 0 radical (unpaired) electrons. The molecule has 0 bridgehead atoms. The molecule has 2 N–H and O–H groups in total. The summed E-state index contributed by atoms with van der Waals surface area (Å²) in [5.74, 6) is 0.723. The highest BCUT2D eigenvalue weighted by molar-refractivity contribution is 5.76. The van der Waals surface area contributed by atoms with E-state index in [4.69, 9.17) is 5.73 Å². The lowest BCUT2D eigenvalue weighted by Gasteiger charge is -2.32. The summed E-state index contributed by atoms with van der Waals surface area (Å²) in [6, 6.07) is 8.50. The average Bonchev–Trinajstić information content (AvgIpc) is 2.82. The third-order valence-electron chi connectivity index (χ3n) is 4.28. The first-order valence-electron chi connectivity index (χ1n) is 7.42. The average molecular weight is 285 g/mol. The highest BCUT2D eigenvalue weighted by atomic mass is 15.3. The van der Waals surface area contributed by atoms with Gasteiger partial charge in [-0.25, -0.2) is 0 Å². The minimum Gasteiger partial charge on any atom is -0.383 e. The Balaban J connectivity index is 1.85. The van der Waals surface area contributed by atoms with Gasteiger partial charge in [0.2, 0.25) is 0 Å². The lowest BCUT2D eigenvalue weighted by atomic mass is 10.0. The third kappa shape index (κ3) is 2.94. The van der Waals surface area contributed by atoms with Gasteiger partial charge in [0.05, 0.1) is 6.20 Å². The van der Waals surface area contributed by atoms with Gasteiger partial charge >= 0.3 is 0 Å². The highest BCUT2D eigenvalue weighted by Crippen LogP contribution is 2.29. The summed E-state index contributed by atoms with van der Waals surface area (Å²) in [5, 5.41) is 4.26. The van der Waals surface area contributed by atoms with Crippen molar-refractivity contribution in [3.8, 4) is 11.1 Å². The summed E-state index contributed by atoms with van der Waals surface area (Å²) in [4.78, 5) is 4.88. The van der Waals surface area contributed by atoms with E-state index in [1.54, 1.807) is 4.68 Å². The first-order chi connectivity index (χ1) is 10.1. The SMILES string of the molecule is CN1CCN(Cc2ccccc2-c2cnn(C)c2N)CC1. The minimum absolute atomic E-state index is 0.723. The Morgan fingerprint density at radius 3 is 2.43 bits per heavy atom. The lowest BCUT2D eigenvalue weighted by Crippen LogP contribution is -2.43. The fraction of sp³-hybridized carbons (Fsp3) is 0.438. The quantitative estimate of drug-likeness (QED) is 0.926. The van der Waals surface area contributed by atoms with Gasteiger partial charge in [-0.1, -0.05) is 24.3 Å². The molecule has 112 valence electrons. The summed E-state index contributed by atoms with van der Waals surface area (Å²) in [5.41, 5.74) is 9.68. The molecule has 1 aliphatic heterocycles. The molecule has 0 atom stereocenters. The summed E-state index contributed by atoms with van der Waals surface area (Å²) < 4.78 is 1.72. The Morgan fingerprint density at radius 1 is 1.05 bits per heavy atom. The maximum absolute atomic E-state index is 6.14. The van der Waals surface area contributed by atoms with Crippen LogP contribution in [-0.4, -0.2) is 52.8 Å². The van der Waals surface area contributed by atoms with E-state index in [1.807, 2.05) is 13.2 Å². The maximum Gasteiger partial charge on any atom is 0.129 e. The normalized spacial score (nSPS) is 17.2. The standard InChI is InChI=1S/C16H23N5/c1-19-7-9-21(10-8-19)12-13-5-3-4-6-14(13)15-11-18-20(2)16(15)17/h3-6,11H,7-10,12,17H2,1-2H3. The fourth-order valence-electron chi connectivity index (χ4n) is 2.82. The summed E-state index contributed by atoms with van der Waals surface area (Å²) in [6.45, 7) is 5.48. The van der Waals surface area contributed by atoms with Crippen molar-refractivity contribution in [2.24, 2.45) is 7.05 Å². The van der Waals surface area contributed by atoms with Crippen LogP contribution >= 0.6 is 0 Å². The van der Waals surface area contributed by atoms with Crippen molar-refractivity contribution in [1.29, 1.82) is 0 Å². The van der Waals surface area contributed by atoms with Crippen LogP contribution in [0.1, 0.15) is 5.56 Å². The fourth-order valence-corrected chi connectivity index (χ4v) is 2.82. The van der Waals surface area contributed by atoms with Crippen molar-refractivity contribution in [3.05, 3.63) is 36.0 Å². The first kappa shape index (κ1) is 14.1. The van der Waals surface area contributed by atoms with Crippen LogP contribution in [0.4, 0.5) is 5.82 Å². The van der Waals surface area contributed by atoms with Crippen LogP contribution < -0.4 is 5.73 Å². The molecule has 0 saturated carbocycles. The number of nitrogen functional groups attached to an aromatic ring is 1. The zero-order valence-electron chi connectivity index (χ0n) is 12.8. The van der Waals surface area contributed by atoms with E-state index < -0.39 is 0 Å². The smallest absolute Gasteiger partial charge is 0.129 e. The number of benzene rings is 1. The number of likely N-dealkylation sites (N-methyl/N-ethyl adjacent to an activating group) is 1. The molecule has 0 amide bonds. The van der Waals surface area contributed by atoms with Gasteiger partial charge in [0.25, 0.3) is 0 Å². The van der Waals surface area contributed by atoms with Gasteiger partial charge in [-0.2, -0.15) is 5.10 Å². The molecule has 1 saturated heterocycles. The van der Waals surface area contributed by atoms with Crippen molar-refractivity contribution >= 4 is 5.82 Å². The Labute approximate surface area is 126 Å². The van der Waals surface area contributed by atoms with Gasteiger partial charge in [0.1, 0.15) is 5.82 Å². The molecule has 5 nitrogen and oxygen atoms in total. The maximum atomic E-state index is 6.14. The molecule has 0 unspecified atom stereocenters. The zero-order chi connectivity index (χ0) is 14.8. The molecule has 1 aliphatic rings. The molecule has 1 aromatic heterocycles. The second-order valence-corrected chi connectivity index (χ2v) is 5.80. The van der Waals surface area contributed by atoms with Gasteiger partial charge < -0.3 is 10.6 Å². The summed E-state index contributed by atoms with van der Waals surface area (Å²) in [6.07, 6.45) is 1.86. The number of rotatable bonds is 3. The predicted octanol–water partition coefficient (Wildman–Crippen LogP) is 1.42. The van der Waals surface area contributed by atoms with Crippen molar-refractivity contribution < 1.29 is 0 Å². The van der Waals surface area contributed by atoms with Crippen LogP contribution in [0.3, 0.4) is 0 Å². The lowest BCUT2D eigenvalue weighted by molar-refractivity contribution is 0.148. The largest absolute Gasteiger partial charge is 0.383 e. The molecule has 3 rings (SSSR count). The number of hydrogen-bond donors (Lipinski definition) is 1. The number of nitrogens with zero attached hydrogens (tertiary/aromatic N) is 4. The van der Waals surface area contributed by atoms with Crippen LogP contribution in [0.2, 0.25) is 0 Å². The van der Waals surface area contributed by atoms with Crippen molar-refractivity contribution in [2.75, 3.05) is 39.0 Å². The van der Waals surface area contributed by atoms with E-state index in [0.29, 0.717) is 0 Å². The molecule has 0 aliphatic carbocycles. The van der Waals surface area contributed by atoms with Gasteiger partial charge in [-0.15, -0.1) is 0 Å². The van der Waals surface area contributed by atoms with Crippen LogP contribution in [0.25, 0.3) is 11.1 Å². The van der Waals surface area contributed by atoms with E-state index in [9.17, 15) is 0 Å². The molecule has 5 heteroatoms. The number of piperazine rings is 1. The second kappa shape index (κ2) is 5.87. The number of aromatic nitrogens is 2. The Morgan fingerprint density at radius 2 is 1.76 bits per heavy atom. The number of aryl methyl sites for hydroxylation is 1. The topological polar surface area (TPSA) is 50.3 Å². The van der Waals surface area contributed by atoms with Gasteiger partial charge in [-0.3, -0.25) is 9.58 Å². The Bertz CT molecular complexity index is 611. The van der Waals surface area contributed by atoms with E-state index >= 15 is 0 Å². The monoisotopic (exact) mass is 285 g/mol. The Hall–Kier alpha value is -1.85. The summed E-state index contributed by atoms with van der Waals surface area (Å²) in [7, 11) is 4.06. The molecule has 2 heterocycles. The van der Waals surface area contributed by atoms with Crippen LogP contribution in [-0.2, 0) is 13.6 Å². The van der Waals surface area contributed by atoms with Crippen molar-refractivity contribution in [2.45, 2.75) is 6.54 Å². The van der Waals surface area contributed by atoms with E-state index in [0.717, 1.165) is 44.1 Å². The molecular formula is C16H23N5. The van der Waals surface area contributed by atoms with Crippen LogP contribution in [0.5, 0.6) is 0 Å². The molecular weight excluding hydrogens is 262 g/mol. The number of hydrogen-bond acceptors (Lipinski definition) is 4. The number of anilines is 1. The minimum atomic E-state index is 0.723. The van der Waals surface area contributed by atoms with Crippen molar-refractivity contribution in [1.82, 2.24) is 19.6 Å². The molecule has 21 heavy (non-hydrogen) atoms. The highest BCUT2D eigenvalue weighted by Gasteiger charge is 2.17. The number of nitrogens with two attached hydrogens (primary N) is 1. The predicted molar refractivity (Wildman–Crippen MR) is 85.8 cm³/mol. The van der Waals surface area contributed by atoms with E-state index in [1.165, 1.54) is 11.1 Å². The third-order valence-corrected chi connectivity index (χ3v) is 4.28. The molecule has 0 spiro atoms. The zero-order valence-corrected chi connectivity index (χ0v) is 12.8. The van der Waals surface area contributed by atoms with Crippen LogP contribution in [0.15, 0.2) is 30.5 Å². The molecule has 1 fully saturated rings. The van der Waals surface area contributed by atoms with E-state index in [2.05, 4.69) is 46.2 Å². The van der Waals surface area contributed by atoms with E-state index in [-0.39, 0.29) is 0 Å². The summed E-state index contributed by atoms with van der Waals surface area (Å²) >= 11 is 0. The van der Waals surface area contributed by atoms with Gasteiger partial charge in [0, 0.05) is 45.3 Å².